The summed E-state index contributed by atoms with van der Waals surface area (Å²) in [6.45, 7) is 1.17. The Kier molecular flexibility index (Phi) is 4.42. The van der Waals surface area contributed by atoms with Crippen molar-refractivity contribution in [1.82, 2.24) is 9.55 Å². The molecule has 0 atom stereocenters. The maximum Gasteiger partial charge on any atom is 0.168 e. The molecule has 1 aromatic heterocycles. The zero-order chi connectivity index (χ0) is 14.8. The van der Waals surface area contributed by atoms with Gasteiger partial charge < -0.3 is 19.1 Å². The highest BCUT2D eigenvalue weighted by Gasteiger charge is 2.15. The van der Waals surface area contributed by atoms with Crippen molar-refractivity contribution in [2.75, 3.05) is 13.2 Å². The van der Waals surface area contributed by atoms with Crippen LogP contribution in [0.25, 0.3) is 0 Å². The number of aliphatic hydroxyl groups is 1. The third-order valence-corrected chi connectivity index (χ3v) is 5.10. The van der Waals surface area contributed by atoms with Crippen LogP contribution in [-0.2, 0) is 19.4 Å². The number of hydrogen-bond acceptors (Lipinski definition) is 5. The lowest BCUT2D eigenvalue weighted by molar-refractivity contribution is 0.171. The number of halogens is 1. The molecule has 1 aliphatic heterocycles. The number of imidazole rings is 1. The molecule has 0 radical (unpaired) electrons. The molecule has 0 spiro atoms. The van der Waals surface area contributed by atoms with Gasteiger partial charge in [-0.25, -0.2) is 4.98 Å². The number of nitrogens with zero attached hydrogens (tertiary/aromatic N) is 2. The van der Waals surface area contributed by atoms with Gasteiger partial charge in [-0.15, -0.1) is 0 Å². The molecule has 0 fully saturated rings. The van der Waals surface area contributed by atoms with Crippen LogP contribution in [0.2, 0.25) is 0 Å². The second-order valence-electron chi connectivity index (χ2n) is 4.63. The van der Waals surface area contributed by atoms with E-state index >= 15 is 0 Å². The van der Waals surface area contributed by atoms with Crippen LogP contribution in [0.5, 0.6) is 11.5 Å². The van der Waals surface area contributed by atoms with Gasteiger partial charge in [-0.3, -0.25) is 0 Å². The monoisotopic (exact) mass is 370 g/mol. The average molecular weight is 371 g/mol. The zero-order valence-electron chi connectivity index (χ0n) is 11.5. The number of fused-ring (bicyclic) bond motifs is 1. The molecule has 0 aliphatic carbocycles. The first-order valence-corrected chi connectivity index (χ1v) is 8.29. The van der Waals surface area contributed by atoms with Crippen molar-refractivity contribution in [2.24, 2.45) is 7.05 Å². The van der Waals surface area contributed by atoms with Crippen LogP contribution in [0.4, 0.5) is 0 Å². The molecule has 0 saturated carbocycles. The van der Waals surface area contributed by atoms with E-state index in [0.717, 1.165) is 38.1 Å². The topological polar surface area (TPSA) is 56.5 Å². The van der Waals surface area contributed by atoms with Gasteiger partial charge in [-0.2, -0.15) is 0 Å². The number of benzene rings is 1. The molecule has 112 valence electrons. The lowest BCUT2D eigenvalue weighted by Crippen LogP contribution is -2.15. The fourth-order valence-electron chi connectivity index (χ4n) is 2.07. The van der Waals surface area contributed by atoms with Crippen molar-refractivity contribution in [1.29, 1.82) is 0 Å². The van der Waals surface area contributed by atoms with E-state index in [1.807, 2.05) is 23.7 Å². The molecule has 0 bridgehead atoms. The third kappa shape index (κ3) is 3.04. The number of aliphatic hydroxyl groups excluding tert-OH is 1. The first-order valence-electron chi connectivity index (χ1n) is 6.51. The highest BCUT2D eigenvalue weighted by molar-refractivity contribution is 9.10. The molecular weight excluding hydrogens is 356 g/mol. The molecule has 3 rings (SSSR count). The van der Waals surface area contributed by atoms with Gasteiger partial charge in [0.2, 0.25) is 0 Å². The Hall–Kier alpha value is -1.18. The fourth-order valence-corrected chi connectivity index (χ4v) is 3.68. The average Bonchev–Trinajstić information content (AvgIpc) is 2.85. The summed E-state index contributed by atoms with van der Waals surface area (Å²) in [5, 5.41) is 10.1. The zero-order valence-corrected chi connectivity index (χ0v) is 13.9. The highest BCUT2D eigenvalue weighted by atomic mass is 79.9. The minimum absolute atomic E-state index is 0.00220. The van der Waals surface area contributed by atoms with E-state index in [1.165, 1.54) is 0 Å². The number of thioether (sulfide) groups is 1. The first kappa shape index (κ1) is 14.7. The van der Waals surface area contributed by atoms with Gasteiger partial charge in [-0.05, 0) is 17.7 Å². The van der Waals surface area contributed by atoms with E-state index in [9.17, 15) is 5.11 Å². The van der Waals surface area contributed by atoms with Crippen LogP contribution in [-0.4, -0.2) is 27.9 Å². The summed E-state index contributed by atoms with van der Waals surface area (Å²) in [6.07, 6.45) is 1.70. The van der Waals surface area contributed by atoms with E-state index in [2.05, 4.69) is 20.9 Å². The number of ether oxygens (including phenoxy) is 2. The molecule has 0 saturated heterocycles. The SMILES string of the molecule is Cn1c(CO)cnc1SCc1cc2c(cc1Br)OCCO2. The number of hydrogen-bond donors (Lipinski definition) is 1. The summed E-state index contributed by atoms with van der Waals surface area (Å²) in [7, 11) is 1.90. The van der Waals surface area contributed by atoms with Gasteiger partial charge in [-0.1, -0.05) is 27.7 Å². The lowest BCUT2D eigenvalue weighted by atomic mass is 10.2. The van der Waals surface area contributed by atoms with Crippen molar-refractivity contribution in [3.63, 3.8) is 0 Å². The van der Waals surface area contributed by atoms with E-state index in [0.29, 0.717) is 13.2 Å². The van der Waals surface area contributed by atoms with E-state index in [4.69, 9.17) is 9.47 Å². The Morgan fingerprint density at radius 1 is 1.33 bits per heavy atom. The Labute approximate surface area is 135 Å². The molecule has 0 unspecified atom stereocenters. The van der Waals surface area contributed by atoms with Crippen LogP contribution in [0, 0.1) is 0 Å². The molecule has 5 nitrogen and oxygen atoms in total. The molecule has 2 aromatic rings. The van der Waals surface area contributed by atoms with Gasteiger partial charge in [0.05, 0.1) is 18.5 Å². The maximum atomic E-state index is 9.19. The number of aromatic nitrogens is 2. The maximum absolute atomic E-state index is 9.19. The van der Waals surface area contributed by atoms with E-state index in [-0.39, 0.29) is 6.61 Å². The van der Waals surface area contributed by atoms with Crippen molar-refractivity contribution in [2.45, 2.75) is 17.5 Å². The Morgan fingerprint density at radius 2 is 2.05 bits per heavy atom. The first-order chi connectivity index (χ1) is 10.2. The quantitative estimate of drug-likeness (QED) is 0.838. The molecule has 2 heterocycles. The van der Waals surface area contributed by atoms with Crippen molar-refractivity contribution < 1.29 is 14.6 Å². The van der Waals surface area contributed by atoms with Gasteiger partial charge in [0, 0.05) is 17.3 Å². The van der Waals surface area contributed by atoms with Crippen LogP contribution >= 0.6 is 27.7 Å². The smallest absolute Gasteiger partial charge is 0.168 e. The minimum Gasteiger partial charge on any atom is -0.486 e. The van der Waals surface area contributed by atoms with Crippen molar-refractivity contribution in [3.8, 4) is 11.5 Å². The molecule has 7 heteroatoms. The second-order valence-corrected chi connectivity index (χ2v) is 6.42. The summed E-state index contributed by atoms with van der Waals surface area (Å²) < 4.78 is 14.1. The summed E-state index contributed by atoms with van der Waals surface area (Å²) in [4.78, 5) is 4.31. The lowest BCUT2D eigenvalue weighted by Gasteiger charge is -2.19. The van der Waals surface area contributed by atoms with Crippen LogP contribution in [0.3, 0.4) is 0 Å². The molecule has 0 amide bonds. The van der Waals surface area contributed by atoms with Gasteiger partial charge in [0.15, 0.2) is 16.7 Å². The highest BCUT2D eigenvalue weighted by Crippen LogP contribution is 2.37. The van der Waals surface area contributed by atoms with Crippen LogP contribution in [0.15, 0.2) is 28.0 Å². The molecule has 21 heavy (non-hydrogen) atoms. The summed E-state index contributed by atoms with van der Waals surface area (Å²) in [5.74, 6) is 2.32. The summed E-state index contributed by atoms with van der Waals surface area (Å²) >= 11 is 5.19. The molecular formula is C14H15BrN2O3S. The molecule has 1 aromatic carbocycles. The Bertz CT molecular complexity index is 660. The molecule has 1 aliphatic rings. The van der Waals surface area contributed by atoms with Gasteiger partial charge in [0.25, 0.3) is 0 Å². The number of rotatable bonds is 4. The van der Waals surface area contributed by atoms with E-state index in [1.54, 1.807) is 18.0 Å². The largest absolute Gasteiger partial charge is 0.486 e. The third-order valence-electron chi connectivity index (χ3n) is 3.27. The van der Waals surface area contributed by atoms with Gasteiger partial charge in [0.1, 0.15) is 13.2 Å². The Morgan fingerprint density at radius 3 is 2.71 bits per heavy atom. The normalized spacial score (nSPS) is 13.5. The fraction of sp³-hybridized carbons (Fsp3) is 0.357. The summed E-state index contributed by atoms with van der Waals surface area (Å²) in [6, 6.07) is 3.95. The predicted octanol–water partition coefficient (Wildman–Crippen LogP) is 2.74. The predicted molar refractivity (Wildman–Crippen MR) is 83.8 cm³/mol. The standard InChI is InChI=1S/C14H15BrN2O3S/c1-17-10(7-18)6-16-14(17)21-8-9-4-12-13(5-11(9)15)20-3-2-19-12/h4-6,18H,2-3,7-8H2,1H3. The Balaban J connectivity index is 1.77. The van der Waals surface area contributed by atoms with Crippen molar-refractivity contribution >= 4 is 27.7 Å². The van der Waals surface area contributed by atoms with E-state index < -0.39 is 0 Å². The van der Waals surface area contributed by atoms with Crippen molar-refractivity contribution in [3.05, 3.63) is 34.1 Å². The van der Waals surface area contributed by atoms with Crippen LogP contribution in [0.1, 0.15) is 11.3 Å². The van der Waals surface area contributed by atoms with Crippen LogP contribution < -0.4 is 9.47 Å². The second kappa shape index (κ2) is 6.29. The summed E-state index contributed by atoms with van der Waals surface area (Å²) in [5.41, 5.74) is 1.93. The molecule has 1 N–H and O–H groups in total. The minimum atomic E-state index is -0.00220. The van der Waals surface area contributed by atoms with Gasteiger partial charge >= 0.3 is 0 Å².